The number of para-hydroxylation sites is 7. The van der Waals surface area contributed by atoms with E-state index in [0.29, 0.717) is 11.5 Å². The van der Waals surface area contributed by atoms with E-state index in [9.17, 15) is 0 Å². The quantitative estimate of drug-likeness (QED) is 0.118. The van der Waals surface area contributed by atoms with E-state index in [2.05, 4.69) is 311 Å². The topological polar surface area (TPSA) is 45.7 Å². The number of hydrogen-bond acceptors (Lipinski definition) is 2. The van der Waals surface area contributed by atoms with Gasteiger partial charge in [0, 0.05) is 77.2 Å². The van der Waals surface area contributed by atoms with Gasteiger partial charge in [-0.3, -0.25) is 4.57 Å². The zero-order chi connectivity index (χ0) is 59.1. The van der Waals surface area contributed by atoms with Gasteiger partial charge in [0.15, 0.2) is 0 Å². The summed E-state index contributed by atoms with van der Waals surface area (Å²) in [4.78, 5) is 4.93. The van der Waals surface area contributed by atoms with Crippen LogP contribution in [0.15, 0.2) is 273 Å². The summed E-state index contributed by atoms with van der Waals surface area (Å²) >= 11 is 0. The molecule has 0 unspecified atom stereocenters. The van der Waals surface area contributed by atoms with E-state index in [1.54, 1.807) is 0 Å². The number of aromatic nitrogens is 6. The minimum absolute atomic E-state index is 0. The Balaban J connectivity index is 0.00000624. The summed E-state index contributed by atoms with van der Waals surface area (Å²) in [6.07, 6.45) is 5.95. The van der Waals surface area contributed by atoms with Crippen LogP contribution in [0.4, 0.5) is 0 Å². The molecule has 430 valence electrons. The molecule has 17 aromatic rings. The Labute approximate surface area is 534 Å². The van der Waals surface area contributed by atoms with Gasteiger partial charge in [-0.1, -0.05) is 202 Å². The molecule has 0 spiro atoms. The number of nitrogens with zero attached hydrogens (tertiary/aromatic N) is 6. The molecule has 0 saturated heterocycles. The summed E-state index contributed by atoms with van der Waals surface area (Å²) in [6, 6.07) is 104. The molecule has 7 nitrogen and oxygen atoms in total. The first-order valence-corrected chi connectivity index (χ1v) is 30.4. The molecular weight excluding hydrogens is 1280 g/mol. The van der Waals surface area contributed by atoms with E-state index in [0.717, 1.165) is 128 Å². The average molecular weight is 1330 g/mol. The summed E-state index contributed by atoms with van der Waals surface area (Å²) in [6.45, 7) is 6.70. The molecule has 0 saturated carbocycles. The molecule has 90 heavy (non-hydrogen) atoms. The molecule has 6 heterocycles. The fourth-order valence-corrected chi connectivity index (χ4v) is 14.2. The summed E-state index contributed by atoms with van der Waals surface area (Å²) in [5, 5.41) is 7.03. The maximum atomic E-state index is 6.88. The third kappa shape index (κ3) is 8.23. The molecule has 0 atom stereocenters. The van der Waals surface area contributed by atoms with Crippen molar-refractivity contribution in [1.29, 1.82) is 0 Å². The van der Waals surface area contributed by atoms with E-state index < -0.39 is 0 Å². The van der Waals surface area contributed by atoms with Crippen LogP contribution in [0.1, 0.15) is 26.3 Å². The summed E-state index contributed by atoms with van der Waals surface area (Å²) in [5.74, 6) is 1.95. The van der Waals surface area contributed by atoms with Gasteiger partial charge in [0.25, 0.3) is 6.33 Å². The van der Waals surface area contributed by atoms with Crippen molar-refractivity contribution < 1.29 is 30.4 Å². The number of imidazole rings is 1. The molecular formula is C82H54N6OPt-2. The SMILES string of the molecule is CC(C)(C)c1ccnc(-n2c3[c-]c(Oc4[c-]c(-n5[c-][n+]6c7c(cccc75)-c5ccccc5-c5ccccc5-c5cccc(-c7cc(-n8c9ccccc9c9ccccc98)cc(-n8c9ccccc9c9ccccc98)c7)c5-6)ccc4)ccc3c3ccccc32)c1.[Pt]. The normalized spacial score (nSPS) is 12.1. The first kappa shape index (κ1) is 53.4. The fraction of sp³-hybridized carbons (Fsp3) is 0.0488. The number of hydrogen-bond donors (Lipinski definition) is 0. The molecule has 18 rings (SSSR count). The molecule has 0 bridgehead atoms. The van der Waals surface area contributed by atoms with Crippen LogP contribution >= 0.6 is 0 Å². The molecule has 12 aromatic carbocycles. The van der Waals surface area contributed by atoms with Crippen molar-refractivity contribution in [3.63, 3.8) is 0 Å². The van der Waals surface area contributed by atoms with Gasteiger partial charge in [0.05, 0.1) is 38.8 Å². The monoisotopic (exact) mass is 1330 g/mol. The minimum Gasteiger partial charge on any atom is -0.510 e. The van der Waals surface area contributed by atoms with E-state index in [1.165, 1.54) is 27.1 Å². The van der Waals surface area contributed by atoms with Gasteiger partial charge in [-0.2, -0.15) is 18.2 Å². The van der Waals surface area contributed by atoms with Crippen molar-refractivity contribution >= 4 is 76.5 Å². The summed E-state index contributed by atoms with van der Waals surface area (Å²) < 4.78 is 18.4. The number of ether oxygens (including phenoxy) is 1. The predicted octanol–water partition coefficient (Wildman–Crippen LogP) is 20.1. The van der Waals surface area contributed by atoms with E-state index in [-0.39, 0.29) is 26.5 Å². The molecule has 0 N–H and O–H groups in total. The average Bonchev–Trinajstić information content (AvgIpc) is 1.77. The van der Waals surface area contributed by atoms with E-state index in [4.69, 9.17) is 9.72 Å². The van der Waals surface area contributed by atoms with Crippen molar-refractivity contribution in [2.45, 2.75) is 26.2 Å². The van der Waals surface area contributed by atoms with Crippen molar-refractivity contribution in [3.05, 3.63) is 297 Å². The fourth-order valence-electron chi connectivity index (χ4n) is 14.2. The molecule has 8 heteroatoms. The van der Waals surface area contributed by atoms with Crippen molar-refractivity contribution in [3.8, 4) is 84.6 Å². The molecule has 0 fully saturated rings. The largest absolute Gasteiger partial charge is 0.510 e. The van der Waals surface area contributed by atoms with Crippen LogP contribution in [0.3, 0.4) is 0 Å². The number of fused-ring (bicyclic) bond motifs is 16. The Morgan fingerprint density at radius 1 is 0.389 bits per heavy atom. The van der Waals surface area contributed by atoms with Gasteiger partial charge in [0.2, 0.25) is 0 Å². The third-order valence-corrected chi connectivity index (χ3v) is 18.2. The van der Waals surface area contributed by atoms with E-state index in [1.807, 2.05) is 24.4 Å². The van der Waals surface area contributed by atoms with Crippen LogP contribution in [-0.4, -0.2) is 23.3 Å². The second-order valence-electron chi connectivity index (χ2n) is 24.3. The summed E-state index contributed by atoms with van der Waals surface area (Å²) in [7, 11) is 0. The maximum absolute atomic E-state index is 6.88. The minimum atomic E-state index is -0.0594. The second-order valence-corrected chi connectivity index (χ2v) is 24.3. The standard InChI is InChI=1S/C82H54N6O.Pt/c1-82(2,3)53-43-44-83-79(47-53)88-76-39-17-12-31-68(76)69-42-41-58(50-78(69)88)89-57-22-18-21-54(49-57)84-51-85-80-59(32-19-33-70(80)62-25-6-4-23-60(62)61-24-5-7-26-63(61)71-34-20-40-77(84)81(71)85)52-45-55(86-72-35-13-8-27-64(72)65-28-9-14-36-73(65)86)48-56(46-52)87-74-37-15-10-29-66(74)67-30-11-16-38-75(67)87;/h4-48H,1-3H3;/q-2;. The van der Waals surface area contributed by atoms with Crippen LogP contribution in [0, 0.1) is 18.5 Å². The van der Waals surface area contributed by atoms with Crippen LogP contribution in [0.5, 0.6) is 11.5 Å². The molecule has 0 amide bonds. The van der Waals surface area contributed by atoms with Gasteiger partial charge >= 0.3 is 0 Å². The Hall–Kier alpha value is -10.9. The Morgan fingerprint density at radius 3 is 1.43 bits per heavy atom. The zero-order valence-corrected chi connectivity index (χ0v) is 51.7. The molecule has 1 aliphatic rings. The Morgan fingerprint density at radius 2 is 0.844 bits per heavy atom. The van der Waals surface area contributed by atoms with Crippen LogP contribution < -0.4 is 9.30 Å². The van der Waals surface area contributed by atoms with Gasteiger partial charge in [-0.05, 0) is 127 Å². The van der Waals surface area contributed by atoms with Crippen molar-refractivity contribution in [2.75, 3.05) is 0 Å². The third-order valence-electron chi connectivity index (χ3n) is 18.2. The first-order chi connectivity index (χ1) is 43.8. The predicted molar refractivity (Wildman–Crippen MR) is 363 cm³/mol. The zero-order valence-electron chi connectivity index (χ0n) is 49.4. The number of rotatable bonds is 7. The summed E-state index contributed by atoms with van der Waals surface area (Å²) in [5.41, 5.74) is 22.4. The van der Waals surface area contributed by atoms with Gasteiger partial charge < -0.3 is 23.0 Å². The first-order valence-electron chi connectivity index (χ1n) is 30.4. The molecule has 5 aromatic heterocycles. The van der Waals surface area contributed by atoms with Crippen LogP contribution in [0.2, 0.25) is 0 Å². The molecule has 1 aliphatic heterocycles. The smallest absolute Gasteiger partial charge is 0.268 e. The van der Waals surface area contributed by atoms with Crippen molar-refractivity contribution in [2.24, 2.45) is 0 Å². The number of pyridine rings is 1. The maximum Gasteiger partial charge on any atom is 0.268 e. The number of benzene rings is 12. The molecule has 0 radical (unpaired) electrons. The van der Waals surface area contributed by atoms with Gasteiger partial charge in [-0.25, -0.2) is 4.98 Å². The van der Waals surface area contributed by atoms with Crippen molar-refractivity contribution in [1.82, 2.24) is 23.3 Å². The van der Waals surface area contributed by atoms with Gasteiger partial charge in [0.1, 0.15) is 5.82 Å². The molecule has 0 aliphatic carbocycles. The van der Waals surface area contributed by atoms with E-state index >= 15 is 0 Å². The van der Waals surface area contributed by atoms with Crippen LogP contribution in [-0.2, 0) is 26.5 Å². The Kier molecular flexibility index (Phi) is 12.2. The van der Waals surface area contributed by atoms with Crippen LogP contribution in [0.25, 0.3) is 150 Å². The van der Waals surface area contributed by atoms with Gasteiger partial charge in [-0.15, -0.1) is 29.7 Å². The second kappa shape index (κ2) is 20.6. The Bertz CT molecular complexity index is 5550.